The van der Waals surface area contributed by atoms with Crippen molar-refractivity contribution in [2.45, 2.75) is 13.0 Å². The maximum Gasteiger partial charge on any atom is 0.309 e. The molecule has 0 heterocycles. The topological polar surface area (TPSA) is 35.5 Å². The first-order chi connectivity index (χ1) is 9.29. The number of ether oxygens (including phenoxy) is 2. The molecule has 0 saturated heterocycles. The fourth-order valence-electron chi connectivity index (χ4n) is 1.78. The SMILES string of the molecule is COC(=O)Cc1ccccc1COc1ccccc1. The number of methoxy groups -OCH3 is 1. The molecule has 2 aromatic carbocycles. The van der Waals surface area contributed by atoms with Crippen LogP contribution in [-0.2, 0) is 22.6 Å². The predicted molar refractivity (Wildman–Crippen MR) is 72.9 cm³/mol. The molecule has 19 heavy (non-hydrogen) atoms. The zero-order valence-corrected chi connectivity index (χ0v) is 10.8. The number of carbonyl (C=O) groups is 1. The first-order valence-corrected chi connectivity index (χ1v) is 6.11. The molecule has 2 aromatic rings. The Morgan fingerprint density at radius 3 is 2.26 bits per heavy atom. The molecule has 0 N–H and O–H groups in total. The van der Waals surface area contributed by atoms with Gasteiger partial charge >= 0.3 is 5.97 Å². The third-order valence-corrected chi connectivity index (χ3v) is 2.82. The van der Waals surface area contributed by atoms with Crippen LogP contribution in [0, 0.1) is 0 Å². The molecule has 0 aromatic heterocycles. The minimum atomic E-state index is -0.243. The van der Waals surface area contributed by atoms with Crippen molar-refractivity contribution in [2.75, 3.05) is 7.11 Å². The van der Waals surface area contributed by atoms with Gasteiger partial charge in [0.15, 0.2) is 0 Å². The number of para-hydroxylation sites is 1. The standard InChI is InChI=1S/C16H16O3/c1-18-16(17)11-13-7-5-6-8-14(13)12-19-15-9-3-2-4-10-15/h2-10H,11-12H2,1H3. The molecule has 0 aliphatic heterocycles. The van der Waals surface area contributed by atoms with E-state index in [9.17, 15) is 4.79 Å². The molecule has 0 spiro atoms. The fraction of sp³-hybridized carbons (Fsp3) is 0.188. The second-order valence-electron chi connectivity index (χ2n) is 4.12. The Morgan fingerprint density at radius 2 is 1.58 bits per heavy atom. The van der Waals surface area contributed by atoms with Crippen molar-refractivity contribution in [3.8, 4) is 5.75 Å². The van der Waals surface area contributed by atoms with Crippen molar-refractivity contribution >= 4 is 5.97 Å². The van der Waals surface area contributed by atoms with Gasteiger partial charge in [-0.05, 0) is 23.3 Å². The van der Waals surface area contributed by atoms with Gasteiger partial charge in [0.25, 0.3) is 0 Å². The van der Waals surface area contributed by atoms with Gasteiger partial charge in [-0.15, -0.1) is 0 Å². The summed E-state index contributed by atoms with van der Waals surface area (Å²) in [7, 11) is 1.39. The molecule has 98 valence electrons. The monoisotopic (exact) mass is 256 g/mol. The van der Waals surface area contributed by atoms with Gasteiger partial charge < -0.3 is 9.47 Å². The normalized spacial score (nSPS) is 9.95. The molecule has 2 rings (SSSR count). The van der Waals surface area contributed by atoms with Gasteiger partial charge in [0, 0.05) is 0 Å². The minimum Gasteiger partial charge on any atom is -0.489 e. The molecule has 0 atom stereocenters. The predicted octanol–water partition coefficient (Wildman–Crippen LogP) is 2.98. The molecule has 3 nitrogen and oxygen atoms in total. The lowest BCUT2D eigenvalue weighted by Gasteiger charge is -2.10. The summed E-state index contributed by atoms with van der Waals surface area (Å²) in [5.41, 5.74) is 1.93. The van der Waals surface area contributed by atoms with Gasteiger partial charge in [0.1, 0.15) is 12.4 Å². The number of carbonyl (C=O) groups excluding carboxylic acids is 1. The van der Waals surface area contributed by atoms with E-state index in [1.165, 1.54) is 7.11 Å². The van der Waals surface area contributed by atoms with Gasteiger partial charge in [-0.3, -0.25) is 4.79 Å². The van der Waals surface area contributed by atoms with Gasteiger partial charge in [0.2, 0.25) is 0 Å². The van der Waals surface area contributed by atoms with Crippen LogP contribution in [-0.4, -0.2) is 13.1 Å². The van der Waals surface area contributed by atoms with Crippen molar-refractivity contribution in [3.05, 3.63) is 65.7 Å². The summed E-state index contributed by atoms with van der Waals surface area (Å²) < 4.78 is 10.4. The van der Waals surface area contributed by atoms with Crippen LogP contribution >= 0.6 is 0 Å². The summed E-state index contributed by atoms with van der Waals surface area (Å²) in [5, 5.41) is 0. The van der Waals surface area contributed by atoms with E-state index in [-0.39, 0.29) is 12.4 Å². The molecule has 0 bridgehead atoms. The Hall–Kier alpha value is -2.29. The van der Waals surface area contributed by atoms with Gasteiger partial charge in [0.05, 0.1) is 13.5 Å². The molecular weight excluding hydrogens is 240 g/mol. The Bertz CT molecular complexity index is 535. The lowest BCUT2D eigenvalue weighted by Crippen LogP contribution is -2.08. The summed E-state index contributed by atoms with van der Waals surface area (Å²) in [6.07, 6.45) is 0.269. The largest absolute Gasteiger partial charge is 0.489 e. The molecular formula is C16H16O3. The number of benzene rings is 2. The van der Waals surface area contributed by atoms with Crippen LogP contribution < -0.4 is 4.74 Å². The van der Waals surface area contributed by atoms with Crippen molar-refractivity contribution in [3.63, 3.8) is 0 Å². The zero-order chi connectivity index (χ0) is 13.5. The van der Waals surface area contributed by atoms with Gasteiger partial charge in [-0.2, -0.15) is 0 Å². The van der Waals surface area contributed by atoms with Crippen LogP contribution in [0.15, 0.2) is 54.6 Å². The first-order valence-electron chi connectivity index (χ1n) is 6.11. The van der Waals surface area contributed by atoms with Crippen molar-refractivity contribution in [1.29, 1.82) is 0 Å². The lowest BCUT2D eigenvalue weighted by atomic mass is 10.1. The van der Waals surface area contributed by atoms with Crippen molar-refractivity contribution in [2.24, 2.45) is 0 Å². The van der Waals surface area contributed by atoms with E-state index in [0.717, 1.165) is 16.9 Å². The van der Waals surface area contributed by atoms with Crippen LogP contribution in [0.1, 0.15) is 11.1 Å². The molecule has 3 heteroatoms. The third-order valence-electron chi connectivity index (χ3n) is 2.82. The zero-order valence-electron chi connectivity index (χ0n) is 10.8. The maximum absolute atomic E-state index is 11.3. The van der Waals surface area contributed by atoms with E-state index < -0.39 is 0 Å². The van der Waals surface area contributed by atoms with E-state index in [1.54, 1.807) is 0 Å². The molecule has 0 saturated carbocycles. The molecule has 0 radical (unpaired) electrons. The Labute approximate surface area is 112 Å². The molecule has 0 aliphatic rings. The van der Waals surface area contributed by atoms with E-state index in [0.29, 0.717) is 6.61 Å². The highest BCUT2D eigenvalue weighted by molar-refractivity contribution is 5.72. The van der Waals surface area contributed by atoms with Crippen LogP contribution in [0.2, 0.25) is 0 Å². The highest BCUT2D eigenvalue weighted by Crippen LogP contribution is 2.15. The van der Waals surface area contributed by atoms with E-state index in [4.69, 9.17) is 9.47 Å². The second-order valence-corrected chi connectivity index (χ2v) is 4.12. The quantitative estimate of drug-likeness (QED) is 0.771. The van der Waals surface area contributed by atoms with E-state index in [2.05, 4.69) is 0 Å². The van der Waals surface area contributed by atoms with E-state index in [1.807, 2.05) is 54.6 Å². The van der Waals surface area contributed by atoms with Crippen LogP contribution in [0.25, 0.3) is 0 Å². The number of esters is 1. The third kappa shape index (κ3) is 3.85. The van der Waals surface area contributed by atoms with E-state index >= 15 is 0 Å². The molecule has 0 unspecified atom stereocenters. The van der Waals surface area contributed by atoms with Gasteiger partial charge in [-0.1, -0.05) is 42.5 Å². The first kappa shape index (κ1) is 13.1. The average molecular weight is 256 g/mol. The minimum absolute atomic E-state index is 0.243. The van der Waals surface area contributed by atoms with Gasteiger partial charge in [-0.25, -0.2) is 0 Å². The smallest absolute Gasteiger partial charge is 0.309 e. The fourth-order valence-corrected chi connectivity index (χ4v) is 1.78. The Morgan fingerprint density at radius 1 is 0.947 bits per heavy atom. The summed E-state index contributed by atoms with van der Waals surface area (Å²) in [6.45, 7) is 0.442. The highest BCUT2D eigenvalue weighted by Gasteiger charge is 2.08. The van der Waals surface area contributed by atoms with Crippen LogP contribution in [0.3, 0.4) is 0 Å². The second kappa shape index (κ2) is 6.59. The Kier molecular flexibility index (Phi) is 4.56. The number of hydrogen-bond acceptors (Lipinski definition) is 3. The maximum atomic E-state index is 11.3. The lowest BCUT2D eigenvalue weighted by molar-refractivity contribution is -0.139. The summed E-state index contributed by atoms with van der Waals surface area (Å²) in [5.74, 6) is 0.572. The Balaban J connectivity index is 2.05. The summed E-state index contributed by atoms with van der Waals surface area (Å²) in [6, 6.07) is 17.3. The highest BCUT2D eigenvalue weighted by atomic mass is 16.5. The van der Waals surface area contributed by atoms with Crippen LogP contribution in [0.4, 0.5) is 0 Å². The van der Waals surface area contributed by atoms with Crippen LogP contribution in [0.5, 0.6) is 5.75 Å². The summed E-state index contributed by atoms with van der Waals surface area (Å²) in [4.78, 5) is 11.3. The van der Waals surface area contributed by atoms with Crippen molar-refractivity contribution in [1.82, 2.24) is 0 Å². The molecule has 0 fully saturated rings. The molecule has 0 aliphatic carbocycles. The van der Waals surface area contributed by atoms with Crippen molar-refractivity contribution < 1.29 is 14.3 Å². The molecule has 0 amide bonds. The number of rotatable bonds is 5. The average Bonchev–Trinajstić information content (AvgIpc) is 2.47. The number of hydrogen-bond donors (Lipinski definition) is 0. The summed E-state index contributed by atoms with van der Waals surface area (Å²) >= 11 is 0.